The fourth-order valence-corrected chi connectivity index (χ4v) is 2.17. The van der Waals surface area contributed by atoms with Gasteiger partial charge in [0.1, 0.15) is 6.54 Å². The van der Waals surface area contributed by atoms with Crippen molar-refractivity contribution in [3.63, 3.8) is 0 Å². The van der Waals surface area contributed by atoms with Gasteiger partial charge in [-0.05, 0) is 30.5 Å². The molecule has 0 aliphatic carbocycles. The normalized spacial score (nSPS) is 11.6. The van der Waals surface area contributed by atoms with Crippen molar-refractivity contribution in [1.82, 2.24) is 14.7 Å². The van der Waals surface area contributed by atoms with Crippen LogP contribution in [0.2, 0.25) is 0 Å². The summed E-state index contributed by atoms with van der Waals surface area (Å²) in [5.41, 5.74) is 2.46. The van der Waals surface area contributed by atoms with Gasteiger partial charge in [-0.1, -0.05) is 30.6 Å². The van der Waals surface area contributed by atoms with Crippen molar-refractivity contribution >= 4 is 10.9 Å². The Morgan fingerprint density at radius 3 is 2.84 bits per heavy atom. The van der Waals surface area contributed by atoms with E-state index in [0.29, 0.717) is 18.4 Å². The molecule has 0 fully saturated rings. The van der Waals surface area contributed by atoms with E-state index in [-0.39, 0.29) is 0 Å². The molecule has 0 atom stereocenters. The molecule has 2 heterocycles. The largest absolute Gasteiger partial charge is 0.338 e. The number of aromatic nitrogens is 3. The lowest BCUT2D eigenvalue weighted by Crippen LogP contribution is -1.99. The molecule has 98 valence electrons. The molecule has 0 bridgehead atoms. The quantitative estimate of drug-likeness (QED) is 0.719. The molecule has 0 spiro atoms. The van der Waals surface area contributed by atoms with Crippen molar-refractivity contribution < 1.29 is 4.52 Å². The Labute approximate surface area is 112 Å². The van der Waals surface area contributed by atoms with E-state index < -0.39 is 0 Å². The van der Waals surface area contributed by atoms with E-state index in [9.17, 15) is 0 Å². The number of nitrogens with zero attached hydrogens (tertiary/aromatic N) is 3. The van der Waals surface area contributed by atoms with Crippen LogP contribution >= 0.6 is 0 Å². The highest BCUT2D eigenvalue weighted by Gasteiger charge is 2.11. The molecule has 0 saturated carbocycles. The van der Waals surface area contributed by atoms with Gasteiger partial charge >= 0.3 is 0 Å². The fourth-order valence-electron chi connectivity index (χ4n) is 2.17. The lowest BCUT2D eigenvalue weighted by molar-refractivity contribution is 0.366. The molecular weight excluding hydrogens is 238 g/mol. The average molecular weight is 255 g/mol. The maximum atomic E-state index is 5.29. The molecular formula is C15H17N3O. The second kappa shape index (κ2) is 4.53. The summed E-state index contributed by atoms with van der Waals surface area (Å²) in [6.07, 6.45) is 2.06. The van der Waals surface area contributed by atoms with Crippen LogP contribution in [0, 0.1) is 6.92 Å². The Morgan fingerprint density at radius 2 is 2.11 bits per heavy atom. The molecule has 1 aromatic carbocycles. The first-order valence-electron chi connectivity index (χ1n) is 6.51. The summed E-state index contributed by atoms with van der Waals surface area (Å²) in [5.74, 6) is 1.71. The van der Waals surface area contributed by atoms with Crippen molar-refractivity contribution in [3.8, 4) is 0 Å². The lowest BCUT2D eigenvalue weighted by Gasteiger charge is -2.01. The van der Waals surface area contributed by atoms with Crippen LogP contribution in [0.25, 0.3) is 10.9 Å². The Bertz CT molecular complexity index is 709. The van der Waals surface area contributed by atoms with E-state index >= 15 is 0 Å². The smallest absolute Gasteiger partial charge is 0.246 e. The van der Waals surface area contributed by atoms with E-state index in [1.807, 2.05) is 0 Å². The number of fused-ring (bicyclic) bond motifs is 1. The molecule has 0 aliphatic heterocycles. The van der Waals surface area contributed by atoms with Gasteiger partial charge in [0.2, 0.25) is 5.89 Å². The van der Waals surface area contributed by atoms with Crippen LogP contribution in [0.5, 0.6) is 0 Å². The van der Waals surface area contributed by atoms with Crippen molar-refractivity contribution in [2.45, 2.75) is 33.2 Å². The number of hydrogen-bond donors (Lipinski definition) is 0. The summed E-state index contributed by atoms with van der Waals surface area (Å²) in [6, 6.07) is 8.54. The molecule has 0 saturated heterocycles. The number of rotatable bonds is 3. The van der Waals surface area contributed by atoms with Crippen LogP contribution in [-0.2, 0) is 6.54 Å². The Balaban J connectivity index is 1.92. The summed E-state index contributed by atoms with van der Waals surface area (Å²) in [5, 5.41) is 5.23. The second-order valence-electron chi connectivity index (χ2n) is 5.21. The Hall–Kier alpha value is -2.10. The van der Waals surface area contributed by atoms with Gasteiger partial charge < -0.3 is 9.09 Å². The second-order valence-corrected chi connectivity index (χ2v) is 5.21. The molecule has 3 rings (SSSR count). The molecule has 2 aromatic heterocycles. The van der Waals surface area contributed by atoms with Crippen LogP contribution < -0.4 is 0 Å². The highest BCUT2D eigenvalue weighted by Crippen LogP contribution is 2.19. The van der Waals surface area contributed by atoms with Gasteiger partial charge in [0.15, 0.2) is 5.82 Å². The fraction of sp³-hybridized carbons (Fsp3) is 0.333. The van der Waals surface area contributed by atoms with Gasteiger partial charge in [0.25, 0.3) is 0 Å². The van der Waals surface area contributed by atoms with E-state index in [1.165, 1.54) is 16.5 Å². The molecule has 4 heteroatoms. The maximum Gasteiger partial charge on any atom is 0.246 e. The molecule has 19 heavy (non-hydrogen) atoms. The third kappa shape index (κ3) is 2.26. The van der Waals surface area contributed by atoms with E-state index in [0.717, 1.165) is 5.82 Å². The summed E-state index contributed by atoms with van der Waals surface area (Å²) < 4.78 is 7.42. The minimum Gasteiger partial charge on any atom is -0.338 e. The van der Waals surface area contributed by atoms with E-state index in [4.69, 9.17) is 4.52 Å². The minimum absolute atomic E-state index is 0.293. The maximum absolute atomic E-state index is 5.29. The van der Waals surface area contributed by atoms with Crippen molar-refractivity contribution in [3.05, 3.63) is 47.7 Å². The topological polar surface area (TPSA) is 43.9 Å². The minimum atomic E-state index is 0.293. The predicted octanol–water partition coefficient (Wildman–Crippen LogP) is 3.50. The predicted molar refractivity (Wildman–Crippen MR) is 74.2 cm³/mol. The highest BCUT2D eigenvalue weighted by molar-refractivity contribution is 5.80. The molecule has 0 N–H and O–H groups in total. The van der Waals surface area contributed by atoms with E-state index in [2.05, 4.69) is 65.9 Å². The highest BCUT2D eigenvalue weighted by atomic mass is 16.5. The van der Waals surface area contributed by atoms with Crippen molar-refractivity contribution in [2.75, 3.05) is 0 Å². The zero-order valence-electron chi connectivity index (χ0n) is 11.4. The molecule has 3 aromatic rings. The first-order chi connectivity index (χ1) is 9.13. The Kier molecular flexibility index (Phi) is 2.85. The number of benzene rings is 1. The van der Waals surface area contributed by atoms with Crippen LogP contribution in [0.1, 0.15) is 37.0 Å². The first-order valence-corrected chi connectivity index (χ1v) is 6.51. The molecule has 0 unspecified atom stereocenters. The van der Waals surface area contributed by atoms with Crippen LogP contribution in [0.3, 0.4) is 0 Å². The number of hydrogen-bond acceptors (Lipinski definition) is 3. The van der Waals surface area contributed by atoms with Gasteiger partial charge in [0, 0.05) is 17.6 Å². The Morgan fingerprint density at radius 1 is 1.26 bits per heavy atom. The monoisotopic (exact) mass is 255 g/mol. The summed E-state index contributed by atoms with van der Waals surface area (Å²) in [4.78, 5) is 4.41. The van der Waals surface area contributed by atoms with Crippen molar-refractivity contribution in [2.24, 2.45) is 0 Å². The molecule has 0 amide bonds. The van der Waals surface area contributed by atoms with E-state index in [1.54, 1.807) is 0 Å². The van der Waals surface area contributed by atoms with Gasteiger partial charge in [-0.15, -0.1) is 0 Å². The molecule has 0 aliphatic rings. The zero-order chi connectivity index (χ0) is 13.4. The van der Waals surface area contributed by atoms with Gasteiger partial charge in [-0.25, -0.2) is 0 Å². The van der Waals surface area contributed by atoms with Crippen LogP contribution in [-0.4, -0.2) is 14.7 Å². The summed E-state index contributed by atoms with van der Waals surface area (Å²) in [7, 11) is 0. The third-order valence-corrected chi connectivity index (χ3v) is 3.23. The lowest BCUT2D eigenvalue weighted by atomic mass is 10.2. The van der Waals surface area contributed by atoms with Crippen molar-refractivity contribution in [1.29, 1.82) is 0 Å². The average Bonchev–Trinajstić information content (AvgIpc) is 2.97. The van der Waals surface area contributed by atoms with Crippen LogP contribution in [0.15, 0.2) is 35.0 Å². The molecule has 4 nitrogen and oxygen atoms in total. The first kappa shape index (κ1) is 12.0. The van der Waals surface area contributed by atoms with Gasteiger partial charge in [-0.3, -0.25) is 0 Å². The van der Waals surface area contributed by atoms with Crippen LogP contribution in [0.4, 0.5) is 0 Å². The summed E-state index contributed by atoms with van der Waals surface area (Å²) >= 11 is 0. The van der Waals surface area contributed by atoms with Gasteiger partial charge in [-0.2, -0.15) is 4.98 Å². The van der Waals surface area contributed by atoms with Gasteiger partial charge in [0.05, 0.1) is 0 Å². The third-order valence-electron chi connectivity index (χ3n) is 3.23. The standard InChI is InChI=1S/C15H17N3O/c1-10(2)15-16-14(19-17-15)9-18-7-6-12-8-11(3)4-5-13(12)18/h4-8,10H,9H2,1-3H3. The SMILES string of the molecule is Cc1ccc2c(ccn2Cc2nc(C(C)C)no2)c1. The number of aryl methyl sites for hydroxylation is 1. The molecule has 0 radical (unpaired) electrons. The zero-order valence-corrected chi connectivity index (χ0v) is 11.4. The summed E-state index contributed by atoms with van der Waals surface area (Å²) in [6.45, 7) is 6.83.